The second-order valence-electron chi connectivity index (χ2n) is 6.00. The minimum Gasteiger partial charge on any atom is -0.351 e. The fraction of sp³-hybridized carbons (Fsp3) is 0.278. The molecule has 5 nitrogen and oxygen atoms in total. The Balaban J connectivity index is 1.80. The average Bonchev–Trinajstić information content (AvgIpc) is 2.58. The van der Waals surface area contributed by atoms with Crippen LogP contribution in [0.4, 0.5) is 0 Å². The van der Waals surface area contributed by atoms with Crippen molar-refractivity contribution in [2.45, 2.75) is 25.6 Å². The van der Waals surface area contributed by atoms with Crippen LogP contribution in [-0.2, 0) is 34.3 Å². The maximum absolute atomic E-state index is 12.6. The van der Waals surface area contributed by atoms with Gasteiger partial charge in [-0.1, -0.05) is 54.6 Å². The molecule has 0 aromatic heterocycles. The van der Waals surface area contributed by atoms with Crippen molar-refractivity contribution in [3.05, 3.63) is 71.3 Å². The van der Waals surface area contributed by atoms with Crippen LogP contribution in [0.25, 0.3) is 0 Å². The van der Waals surface area contributed by atoms with E-state index in [0.717, 1.165) is 22.9 Å². The number of nitrogens with one attached hydrogen (secondary N) is 1. The van der Waals surface area contributed by atoms with E-state index >= 15 is 0 Å². The Bertz CT molecular complexity index is 834. The first-order chi connectivity index (χ1) is 11.4. The summed E-state index contributed by atoms with van der Waals surface area (Å²) in [4.78, 5) is 12.6. The molecule has 1 aliphatic heterocycles. The number of carbonyl (C=O) groups excluding carboxylic acids is 1. The molecule has 3 rings (SSSR count). The van der Waals surface area contributed by atoms with E-state index in [9.17, 15) is 13.2 Å². The smallest absolute Gasteiger partial charge is 0.239 e. The largest absolute Gasteiger partial charge is 0.351 e. The van der Waals surface area contributed by atoms with Gasteiger partial charge in [-0.05, 0) is 23.1 Å². The van der Waals surface area contributed by atoms with Gasteiger partial charge in [-0.25, -0.2) is 8.42 Å². The van der Waals surface area contributed by atoms with Crippen molar-refractivity contribution in [1.29, 1.82) is 0 Å². The molecule has 0 spiro atoms. The highest BCUT2D eigenvalue weighted by molar-refractivity contribution is 7.88. The summed E-state index contributed by atoms with van der Waals surface area (Å²) in [7, 11) is -3.47. The Kier molecular flexibility index (Phi) is 4.69. The van der Waals surface area contributed by atoms with E-state index in [1.165, 1.54) is 4.31 Å². The maximum atomic E-state index is 12.6. The van der Waals surface area contributed by atoms with Crippen molar-refractivity contribution in [2.75, 3.05) is 6.26 Å². The quantitative estimate of drug-likeness (QED) is 0.918. The predicted molar refractivity (Wildman–Crippen MR) is 92.6 cm³/mol. The molecule has 1 N–H and O–H groups in total. The third-order valence-corrected chi connectivity index (χ3v) is 5.48. The third kappa shape index (κ3) is 3.66. The van der Waals surface area contributed by atoms with E-state index < -0.39 is 16.1 Å². The van der Waals surface area contributed by atoms with Gasteiger partial charge in [-0.15, -0.1) is 0 Å². The average molecular weight is 344 g/mol. The second kappa shape index (κ2) is 6.75. The molecule has 1 atom stereocenters. The molecule has 126 valence electrons. The summed E-state index contributed by atoms with van der Waals surface area (Å²) in [6, 6.07) is 16.5. The molecule has 0 saturated carbocycles. The van der Waals surface area contributed by atoms with Crippen LogP contribution in [0.2, 0.25) is 0 Å². The molecule has 2 aromatic rings. The summed E-state index contributed by atoms with van der Waals surface area (Å²) >= 11 is 0. The van der Waals surface area contributed by atoms with Gasteiger partial charge in [-0.3, -0.25) is 4.79 Å². The van der Waals surface area contributed by atoms with Crippen molar-refractivity contribution in [1.82, 2.24) is 9.62 Å². The lowest BCUT2D eigenvalue weighted by molar-refractivity contribution is -0.125. The lowest BCUT2D eigenvalue weighted by Crippen LogP contribution is -2.52. The lowest BCUT2D eigenvalue weighted by Gasteiger charge is -2.34. The maximum Gasteiger partial charge on any atom is 0.239 e. The van der Waals surface area contributed by atoms with Gasteiger partial charge in [0.2, 0.25) is 15.9 Å². The minimum atomic E-state index is -3.47. The van der Waals surface area contributed by atoms with Crippen LogP contribution in [0.15, 0.2) is 54.6 Å². The molecule has 1 aliphatic rings. The first-order valence-corrected chi connectivity index (χ1v) is 9.65. The molecule has 1 amide bonds. The van der Waals surface area contributed by atoms with Crippen molar-refractivity contribution in [2.24, 2.45) is 0 Å². The monoisotopic (exact) mass is 344 g/mol. The van der Waals surface area contributed by atoms with Crippen molar-refractivity contribution >= 4 is 15.9 Å². The van der Waals surface area contributed by atoms with Crippen molar-refractivity contribution in [3.8, 4) is 0 Å². The number of nitrogens with zero attached hydrogens (tertiary/aromatic N) is 1. The molecule has 0 radical (unpaired) electrons. The Labute approximate surface area is 142 Å². The zero-order chi connectivity index (χ0) is 17.2. The van der Waals surface area contributed by atoms with Crippen LogP contribution in [-0.4, -0.2) is 30.9 Å². The topological polar surface area (TPSA) is 66.5 Å². The third-order valence-electron chi connectivity index (χ3n) is 4.24. The van der Waals surface area contributed by atoms with Crippen molar-refractivity contribution < 1.29 is 13.2 Å². The number of fused-ring (bicyclic) bond motifs is 1. The SMILES string of the molecule is CS(=O)(=O)N1Cc2ccccc2CC1C(=O)NCc1ccccc1. The van der Waals surface area contributed by atoms with Crippen molar-refractivity contribution in [3.63, 3.8) is 0 Å². The summed E-state index contributed by atoms with van der Waals surface area (Å²) in [6.45, 7) is 0.619. The molecule has 2 aromatic carbocycles. The molecular weight excluding hydrogens is 324 g/mol. The Morgan fingerprint density at radius 2 is 1.71 bits per heavy atom. The molecule has 0 saturated heterocycles. The fourth-order valence-electron chi connectivity index (χ4n) is 2.97. The van der Waals surface area contributed by atoms with Crippen LogP contribution < -0.4 is 5.32 Å². The minimum absolute atomic E-state index is 0.235. The van der Waals surface area contributed by atoms with Crippen LogP contribution in [0.1, 0.15) is 16.7 Å². The number of rotatable bonds is 4. The van der Waals surface area contributed by atoms with Crippen LogP contribution in [0.3, 0.4) is 0 Å². The molecule has 0 aliphatic carbocycles. The van der Waals surface area contributed by atoms with Gasteiger partial charge in [0.05, 0.1) is 6.26 Å². The van der Waals surface area contributed by atoms with E-state index in [-0.39, 0.29) is 12.5 Å². The number of benzene rings is 2. The highest BCUT2D eigenvalue weighted by Crippen LogP contribution is 2.25. The summed E-state index contributed by atoms with van der Waals surface area (Å²) in [5.41, 5.74) is 2.96. The first-order valence-electron chi connectivity index (χ1n) is 7.80. The summed E-state index contributed by atoms with van der Waals surface area (Å²) < 4.78 is 25.5. The summed E-state index contributed by atoms with van der Waals surface area (Å²) in [5, 5.41) is 2.86. The van der Waals surface area contributed by atoms with E-state index in [4.69, 9.17) is 0 Å². The highest BCUT2D eigenvalue weighted by atomic mass is 32.2. The van der Waals surface area contributed by atoms with E-state index in [2.05, 4.69) is 5.32 Å². The Morgan fingerprint density at radius 1 is 1.08 bits per heavy atom. The first kappa shape index (κ1) is 16.7. The molecular formula is C18H20N2O3S. The van der Waals surface area contributed by atoms with E-state index in [1.54, 1.807) is 0 Å². The summed E-state index contributed by atoms with van der Waals surface area (Å²) in [5.74, 6) is -0.265. The normalized spacial score (nSPS) is 18.0. The molecule has 1 heterocycles. The zero-order valence-electron chi connectivity index (χ0n) is 13.5. The standard InChI is InChI=1S/C18H20N2O3S/c1-24(22,23)20-13-16-10-6-5-9-15(16)11-17(20)18(21)19-12-14-7-3-2-4-8-14/h2-10,17H,11-13H2,1H3,(H,19,21). The lowest BCUT2D eigenvalue weighted by atomic mass is 9.95. The molecule has 0 fully saturated rings. The summed E-state index contributed by atoms with van der Waals surface area (Å²) in [6.07, 6.45) is 1.54. The fourth-order valence-corrected chi connectivity index (χ4v) is 3.98. The van der Waals surface area contributed by atoms with Crippen LogP contribution in [0, 0.1) is 0 Å². The predicted octanol–water partition coefficient (Wildman–Crippen LogP) is 1.69. The Hall–Kier alpha value is -2.18. The number of hydrogen-bond donors (Lipinski definition) is 1. The van der Waals surface area contributed by atoms with Gasteiger partial charge >= 0.3 is 0 Å². The number of sulfonamides is 1. The van der Waals surface area contributed by atoms with E-state index in [0.29, 0.717) is 13.0 Å². The van der Waals surface area contributed by atoms with Gasteiger partial charge in [0, 0.05) is 13.1 Å². The zero-order valence-corrected chi connectivity index (χ0v) is 14.3. The molecule has 0 bridgehead atoms. The molecule has 6 heteroatoms. The van der Waals surface area contributed by atoms with Crippen LogP contribution in [0.5, 0.6) is 0 Å². The van der Waals surface area contributed by atoms with Gasteiger partial charge in [0.15, 0.2) is 0 Å². The van der Waals surface area contributed by atoms with Crippen LogP contribution >= 0.6 is 0 Å². The number of amides is 1. The number of hydrogen-bond acceptors (Lipinski definition) is 3. The highest BCUT2D eigenvalue weighted by Gasteiger charge is 2.36. The van der Waals surface area contributed by atoms with Gasteiger partial charge < -0.3 is 5.32 Å². The number of carbonyl (C=O) groups is 1. The second-order valence-corrected chi connectivity index (χ2v) is 7.94. The molecule has 1 unspecified atom stereocenters. The Morgan fingerprint density at radius 3 is 2.38 bits per heavy atom. The van der Waals surface area contributed by atoms with Gasteiger partial charge in [-0.2, -0.15) is 4.31 Å². The molecule has 24 heavy (non-hydrogen) atoms. The van der Waals surface area contributed by atoms with Gasteiger partial charge in [0.1, 0.15) is 6.04 Å². The van der Waals surface area contributed by atoms with Gasteiger partial charge in [0.25, 0.3) is 0 Å². The van der Waals surface area contributed by atoms with E-state index in [1.807, 2.05) is 54.6 Å².